The summed E-state index contributed by atoms with van der Waals surface area (Å²) in [5.74, 6) is 2.48. The molecule has 1 aromatic carbocycles. The second-order valence-corrected chi connectivity index (χ2v) is 6.02. The lowest BCUT2D eigenvalue weighted by Crippen LogP contribution is -2.12. The zero-order valence-electron chi connectivity index (χ0n) is 11.9. The molecule has 0 aliphatic heterocycles. The number of hydrogen-bond donors (Lipinski definition) is 0. The van der Waals surface area contributed by atoms with Crippen LogP contribution in [0, 0.1) is 17.8 Å². The van der Waals surface area contributed by atoms with Crippen LogP contribution in [0.15, 0.2) is 30.3 Å². The molecule has 0 heterocycles. The van der Waals surface area contributed by atoms with E-state index in [0.717, 1.165) is 17.8 Å². The normalized spacial score (nSPS) is 13.3. The smallest absolute Gasteiger partial charge is 0.0248 e. The third kappa shape index (κ3) is 5.91. The molecule has 0 fully saturated rings. The molecule has 0 nitrogen and oxygen atoms in total. The Kier molecular flexibility index (Phi) is 6.32. The minimum atomic E-state index is 0.794. The molecule has 17 heavy (non-hydrogen) atoms. The number of hydrogen-bond acceptors (Lipinski definition) is 0. The highest BCUT2D eigenvalue weighted by Crippen LogP contribution is 2.24. The van der Waals surface area contributed by atoms with E-state index in [2.05, 4.69) is 58.0 Å². The van der Waals surface area contributed by atoms with Crippen LogP contribution in [0.5, 0.6) is 0 Å². The first-order valence-electron chi connectivity index (χ1n) is 7.13. The van der Waals surface area contributed by atoms with Gasteiger partial charge in [0.25, 0.3) is 0 Å². The SMILES string of the molecule is CC(C)CCC[C@@H](Cc1ccccc1)C(C)C. The third-order valence-corrected chi connectivity index (χ3v) is 3.64. The quantitative estimate of drug-likeness (QED) is 0.596. The van der Waals surface area contributed by atoms with Gasteiger partial charge in [0.05, 0.1) is 0 Å². The van der Waals surface area contributed by atoms with Crippen LogP contribution < -0.4 is 0 Å². The van der Waals surface area contributed by atoms with Crippen molar-refractivity contribution < 1.29 is 0 Å². The molecule has 0 unspecified atom stereocenters. The van der Waals surface area contributed by atoms with E-state index in [1.54, 1.807) is 0 Å². The molecule has 0 saturated carbocycles. The average molecular weight is 232 g/mol. The average Bonchev–Trinajstić information content (AvgIpc) is 2.28. The Labute approximate surface area is 107 Å². The second-order valence-electron chi connectivity index (χ2n) is 6.02. The van der Waals surface area contributed by atoms with Crippen molar-refractivity contribution in [2.45, 2.75) is 53.4 Å². The molecule has 0 aromatic heterocycles. The summed E-state index contributed by atoms with van der Waals surface area (Å²) in [6, 6.07) is 10.9. The standard InChI is InChI=1S/C17H28/c1-14(2)9-8-12-17(15(3)4)13-16-10-6-5-7-11-16/h5-7,10-11,14-15,17H,8-9,12-13H2,1-4H3/t17-/m0/s1. The molecule has 96 valence electrons. The summed E-state index contributed by atoms with van der Waals surface area (Å²) in [5, 5.41) is 0. The maximum absolute atomic E-state index is 2.36. The summed E-state index contributed by atoms with van der Waals surface area (Å²) in [6.45, 7) is 9.37. The molecular formula is C17H28. The van der Waals surface area contributed by atoms with Gasteiger partial charge in [0.2, 0.25) is 0 Å². The Morgan fingerprint density at radius 2 is 1.53 bits per heavy atom. The van der Waals surface area contributed by atoms with Crippen LogP contribution in [0.1, 0.15) is 52.5 Å². The lowest BCUT2D eigenvalue weighted by Gasteiger charge is -2.21. The summed E-state index contributed by atoms with van der Waals surface area (Å²) in [7, 11) is 0. The third-order valence-electron chi connectivity index (χ3n) is 3.64. The van der Waals surface area contributed by atoms with E-state index in [1.165, 1.54) is 31.2 Å². The molecule has 0 aliphatic rings. The first-order valence-corrected chi connectivity index (χ1v) is 7.13. The van der Waals surface area contributed by atoms with E-state index in [0.29, 0.717) is 0 Å². The first kappa shape index (κ1) is 14.3. The van der Waals surface area contributed by atoms with Gasteiger partial charge in [-0.15, -0.1) is 0 Å². The molecule has 0 spiro atoms. The largest absolute Gasteiger partial charge is 0.0628 e. The molecule has 0 amide bonds. The van der Waals surface area contributed by atoms with E-state index in [4.69, 9.17) is 0 Å². The van der Waals surface area contributed by atoms with Crippen molar-refractivity contribution in [3.63, 3.8) is 0 Å². The fourth-order valence-electron chi connectivity index (χ4n) is 2.38. The highest BCUT2D eigenvalue weighted by Gasteiger charge is 2.13. The van der Waals surface area contributed by atoms with E-state index in [-0.39, 0.29) is 0 Å². The van der Waals surface area contributed by atoms with Gasteiger partial charge >= 0.3 is 0 Å². The van der Waals surface area contributed by atoms with Crippen LogP contribution in [0.25, 0.3) is 0 Å². The highest BCUT2D eigenvalue weighted by atomic mass is 14.2. The van der Waals surface area contributed by atoms with Gasteiger partial charge in [0.1, 0.15) is 0 Å². The Morgan fingerprint density at radius 3 is 2.06 bits per heavy atom. The van der Waals surface area contributed by atoms with Gasteiger partial charge in [-0.3, -0.25) is 0 Å². The fraction of sp³-hybridized carbons (Fsp3) is 0.647. The maximum atomic E-state index is 2.36. The van der Waals surface area contributed by atoms with Crippen LogP contribution in [0.2, 0.25) is 0 Å². The van der Waals surface area contributed by atoms with E-state index in [1.807, 2.05) is 0 Å². The zero-order valence-corrected chi connectivity index (χ0v) is 11.9. The van der Waals surface area contributed by atoms with Crippen molar-refractivity contribution in [3.05, 3.63) is 35.9 Å². The maximum Gasteiger partial charge on any atom is -0.0248 e. The summed E-state index contributed by atoms with van der Waals surface area (Å²) in [4.78, 5) is 0. The Bertz CT molecular complexity index is 284. The van der Waals surface area contributed by atoms with Gasteiger partial charge in [0.15, 0.2) is 0 Å². The van der Waals surface area contributed by atoms with Gasteiger partial charge < -0.3 is 0 Å². The molecule has 0 aliphatic carbocycles. The van der Waals surface area contributed by atoms with Crippen molar-refractivity contribution in [3.8, 4) is 0 Å². The molecule has 0 bridgehead atoms. The van der Waals surface area contributed by atoms with Gasteiger partial charge in [-0.05, 0) is 36.2 Å². The van der Waals surface area contributed by atoms with Crippen LogP contribution in [-0.4, -0.2) is 0 Å². The van der Waals surface area contributed by atoms with Gasteiger partial charge in [-0.25, -0.2) is 0 Å². The number of benzene rings is 1. The molecule has 1 aromatic rings. The molecule has 0 saturated heterocycles. The zero-order chi connectivity index (χ0) is 12.7. The summed E-state index contributed by atoms with van der Waals surface area (Å²) < 4.78 is 0. The van der Waals surface area contributed by atoms with Crippen molar-refractivity contribution in [2.24, 2.45) is 17.8 Å². The van der Waals surface area contributed by atoms with Crippen molar-refractivity contribution in [1.82, 2.24) is 0 Å². The lowest BCUT2D eigenvalue weighted by molar-refractivity contribution is 0.336. The van der Waals surface area contributed by atoms with Gasteiger partial charge in [-0.1, -0.05) is 70.9 Å². The van der Waals surface area contributed by atoms with Crippen molar-refractivity contribution in [2.75, 3.05) is 0 Å². The molecule has 0 N–H and O–H groups in total. The fourth-order valence-corrected chi connectivity index (χ4v) is 2.38. The Hall–Kier alpha value is -0.780. The molecule has 1 rings (SSSR count). The van der Waals surface area contributed by atoms with Gasteiger partial charge in [0, 0.05) is 0 Å². The molecule has 0 radical (unpaired) electrons. The Morgan fingerprint density at radius 1 is 0.882 bits per heavy atom. The predicted octanol–water partition coefficient (Wildman–Crippen LogP) is 5.33. The summed E-state index contributed by atoms with van der Waals surface area (Å²) >= 11 is 0. The van der Waals surface area contributed by atoms with Crippen LogP contribution in [0.3, 0.4) is 0 Å². The van der Waals surface area contributed by atoms with Crippen LogP contribution >= 0.6 is 0 Å². The molecular weight excluding hydrogens is 204 g/mol. The molecule has 1 atom stereocenters. The highest BCUT2D eigenvalue weighted by molar-refractivity contribution is 5.15. The van der Waals surface area contributed by atoms with Gasteiger partial charge in [-0.2, -0.15) is 0 Å². The number of rotatable bonds is 7. The van der Waals surface area contributed by atoms with Crippen LogP contribution in [0.4, 0.5) is 0 Å². The van der Waals surface area contributed by atoms with Crippen LogP contribution in [-0.2, 0) is 6.42 Å². The summed E-state index contributed by atoms with van der Waals surface area (Å²) in [5.41, 5.74) is 1.50. The first-order chi connectivity index (χ1) is 8.09. The van der Waals surface area contributed by atoms with E-state index >= 15 is 0 Å². The van der Waals surface area contributed by atoms with Crippen molar-refractivity contribution >= 4 is 0 Å². The monoisotopic (exact) mass is 232 g/mol. The molecule has 0 heteroatoms. The van der Waals surface area contributed by atoms with Crippen molar-refractivity contribution in [1.29, 1.82) is 0 Å². The van der Waals surface area contributed by atoms with E-state index in [9.17, 15) is 0 Å². The lowest BCUT2D eigenvalue weighted by atomic mass is 9.84. The predicted molar refractivity (Wildman–Crippen MR) is 77.2 cm³/mol. The topological polar surface area (TPSA) is 0 Å². The van der Waals surface area contributed by atoms with E-state index < -0.39 is 0 Å². The second kappa shape index (κ2) is 7.53. The summed E-state index contributed by atoms with van der Waals surface area (Å²) in [6.07, 6.45) is 5.38. The Balaban J connectivity index is 2.44. The minimum absolute atomic E-state index is 0.794. The minimum Gasteiger partial charge on any atom is -0.0628 e.